The van der Waals surface area contributed by atoms with Crippen molar-refractivity contribution < 1.29 is 18.3 Å². The number of hydrogen-bond donors (Lipinski definition) is 1. The number of halogens is 2. The Balaban J connectivity index is 1.39. The van der Waals surface area contributed by atoms with E-state index in [9.17, 15) is 13.6 Å². The van der Waals surface area contributed by atoms with Crippen molar-refractivity contribution in [3.63, 3.8) is 0 Å². The van der Waals surface area contributed by atoms with Crippen molar-refractivity contribution in [2.75, 3.05) is 5.32 Å². The Hall–Kier alpha value is -3.74. The number of carbonyl (C=O) groups is 1. The average molecular weight is 379 g/mol. The zero-order valence-electron chi connectivity index (χ0n) is 14.6. The molecule has 0 aliphatic rings. The molecule has 2 heterocycles. The third-order valence-corrected chi connectivity index (χ3v) is 4.04. The van der Waals surface area contributed by atoms with E-state index in [1.807, 2.05) is 35.0 Å². The maximum Gasteiger partial charge on any atom is 0.255 e. The van der Waals surface area contributed by atoms with Crippen molar-refractivity contribution in [2.24, 2.45) is 0 Å². The van der Waals surface area contributed by atoms with E-state index in [1.54, 1.807) is 24.3 Å². The Kier molecular flexibility index (Phi) is 4.72. The van der Waals surface area contributed by atoms with Crippen LogP contribution in [0.25, 0.3) is 5.65 Å². The van der Waals surface area contributed by atoms with Crippen LogP contribution in [0.3, 0.4) is 0 Å². The first-order valence-electron chi connectivity index (χ1n) is 8.50. The quantitative estimate of drug-likeness (QED) is 0.558. The topological polar surface area (TPSA) is 55.6 Å². The minimum absolute atomic E-state index is 0.0506. The van der Waals surface area contributed by atoms with E-state index in [0.29, 0.717) is 11.3 Å². The predicted octanol–water partition coefficient (Wildman–Crippen LogP) is 4.44. The zero-order chi connectivity index (χ0) is 19.5. The lowest BCUT2D eigenvalue weighted by molar-refractivity contribution is 0.102. The highest BCUT2D eigenvalue weighted by atomic mass is 19.1. The lowest BCUT2D eigenvalue weighted by Gasteiger charge is -2.07. The highest BCUT2D eigenvalue weighted by Gasteiger charge is 2.09. The molecule has 0 fully saturated rings. The number of pyridine rings is 1. The van der Waals surface area contributed by atoms with Gasteiger partial charge in [-0.1, -0.05) is 6.07 Å². The summed E-state index contributed by atoms with van der Waals surface area (Å²) in [6.07, 6.45) is 3.79. The molecule has 28 heavy (non-hydrogen) atoms. The van der Waals surface area contributed by atoms with Gasteiger partial charge in [0.05, 0.1) is 5.69 Å². The molecular formula is C21H15F2N3O2. The zero-order valence-corrected chi connectivity index (χ0v) is 14.6. The van der Waals surface area contributed by atoms with Crippen molar-refractivity contribution in [3.05, 3.63) is 95.9 Å². The fourth-order valence-corrected chi connectivity index (χ4v) is 2.75. The Labute approximate surface area is 159 Å². The fourth-order valence-electron chi connectivity index (χ4n) is 2.75. The lowest BCUT2D eigenvalue weighted by Crippen LogP contribution is -2.12. The van der Waals surface area contributed by atoms with Crippen LogP contribution in [0.1, 0.15) is 16.1 Å². The van der Waals surface area contributed by atoms with E-state index in [-0.39, 0.29) is 12.3 Å². The molecule has 140 valence electrons. The van der Waals surface area contributed by atoms with E-state index in [0.717, 1.165) is 29.5 Å². The number of nitrogens with one attached hydrogen (secondary N) is 1. The average Bonchev–Trinajstić information content (AvgIpc) is 3.09. The Morgan fingerprint density at radius 1 is 1.04 bits per heavy atom. The highest BCUT2D eigenvalue weighted by molar-refractivity contribution is 6.04. The third kappa shape index (κ3) is 3.98. The van der Waals surface area contributed by atoms with Crippen LogP contribution in [0, 0.1) is 11.6 Å². The first-order chi connectivity index (χ1) is 13.6. The summed E-state index contributed by atoms with van der Waals surface area (Å²) in [4.78, 5) is 16.7. The molecule has 0 aliphatic carbocycles. The second-order valence-corrected chi connectivity index (χ2v) is 6.12. The minimum Gasteiger partial charge on any atom is -0.487 e. The van der Waals surface area contributed by atoms with Crippen LogP contribution < -0.4 is 10.1 Å². The molecule has 2 aromatic carbocycles. The number of benzene rings is 2. The molecule has 2 aromatic heterocycles. The summed E-state index contributed by atoms with van der Waals surface area (Å²) in [6.45, 7) is 0.287. The van der Waals surface area contributed by atoms with Crippen molar-refractivity contribution in [3.8, 4) is 5.75 Å². The van der Waals surface area contributed by atoms with Crippen LogP contribution in [0.15, 0.2) is 73.1 Å². The molecule has 5 nitrogen and oxygen atoms in total. The molecule has 0 saturated heterocycles. The van der Waals surface area contributed by atoms with Crippen LogP contribution in [0.5, 0.6) is 5.75 Å². The Morgan fingerprint density at radius 2 is 1.79 bits per heavy atom. The summed E-state index contributed by atoms with van der Waals surface area (Å²) in [7, 11) is 0. The first-order valence-corrected chi connectivity index (χ1v) is 8.50. The number of hydrogen-bond acceptors (Lipinski definition) is 3. The van der Waals surface area contributed by atoms with Gasteiger partial charge < -0.3 is 14.5 Å². The van der Waals surface area contributed by atoms with Crippen LogP contribution in [-0.2, 0) is 6.61 Å². The summed E-state index contributed by atoms with van der Waals surface area (Å²) in [5, 5.41) is 2.46. The van der Waals surface area contributed by atoms with E-state index in [2.05, 4.69) is 10.3 Å². The van der Waals surface area contributed by atoms with E-state index >= 15 is 0 Å². The third-order valence-electron chi connectivity index (χ3n) is 4.04. The van der Waals surface area contributed by atoms with Gasteiger partial charge in [0.1, 0.15) is 29.6 Å². The van der Waals surface area contributed by atoms with Gasteiger partial charge in [-0.25, -0.2) is 13.8 Å². The van der Waals surface area contributed by atoms with Gasteiger partial charge in [-0.15, -0.1) is 0 Å². The van der Waals surface area contributed by atoms with Gasteiger partial charge >= 0.3 is 0 Å². The van der Waals surface area contributed by atoms with Gasteiger partial charge in [-0.2, -0.15) is 0 Å². The molecule has 1 N–H and O–H groups in total. The molecule has 0 bridgehead atoms. The van der Waals surface area contributed by atoms with Gasteiger partial charge in [-0.05, 0) is 48.5 Å². The molecule has 0 spiro atoms. The van der Waals surface area contributed by atoms with E-state index in [4.69, 9.17) is 4.74 Å². The van der Waals surface area contributed by atoms with Crippen molar-refractivity contribution in [1.29, 1.82) is 0 Å². The second-order valence-electron chi connectivity index (χ2n) is 6.12. The van der Waals surface area contributed by atoms with Crippen LogP contribution in [0.4, 0.5) is 14.5 Å². The molecule has 0 radical (unpaired) electrons. The molecule has 0 aliphatic heterocycles. The highest BCUT2D eigenvalue weighted by Crippen LogP contribution is 2.17. The maximum absolute atomic E-state index is 13.2. The van der Waals surface area contributed by atoms with Gasteiger partial charge in [0.15, 0.2) is 0 Å². The summed E-state index contributed by atoms with van der Waals surface area (Å²) >= 11 is 0. The number of imidazole rings is 1. The van der Waals surface area contributed by atoms with Crippen molar-refractivity contribution in [1.82, 2.24) is 9.38 Å². The second kappa shape index (κ2) is 7.48. The number of carbonyl (C=O) groups excluding carboxylic acids is 1. The van der Waals surface area contributed by atoms with Gasteiger partial charge in [0.25, 0.3) is 5.91 Å². The summed E-state index contributed by atoms with van der Waals surface area (Å²) in [5.74, 6) is -1.42. The van der Waals surface area contributed by atoms with Crippen LogP contribution >= 0.6 is 0 Å². The first kappa shape index (κ1) is 17.7. The number of nitrogens with zero attached hydrogens (tertiary/aromatic N) is 2. The van der Waals surface area contributed by atoms with Gasteiger partial charge in [0.2, 0.25) is 0 Å². The van der Waals surface area contributed by atoms with Crippen molar-refractivity contribution in [2.45, 2.75) is 6.61 Å². The van der Waals surface area contributed by atoms with Crippen LogP contribution in [-0.4, -0.2) is 15.3 Å². The molecule has 7 heteroatoms. The number of ether oxygens (including phenoxy) is 1. The number of anilines is 1. The molecule has 0 saturated carbocycles. The molecule has 1 amide bonds. The smallest absolute Gasteiger partial charge is 0.255 e. The molecule has 4 rings (SSSR count). The summed E-state index contributed by atoms with van der Waals surface area (Å²) in [6, 6.07) is 15.0. The SMILES string of the molecule is O=C(Nc1cc(F)cc(F)c1)c1ccc(OCc2cn3ccccc3n2)cc1. The maximum atomic E-state index is 13.2. The predicted molar refractivity (Wildman–Crippen MR) is 100 cm³/mol. The fraction of sp³-hybridized carbons (Fsp3) is 0.0476. The standard InChI is InChI=1S/C21H15F2N3O2/c22-15-9-16(23)11-17(10-15)25-21(27)14-4-6-19(7-5-14)28-13-18-12-26-8-2-1-3-20(26)24-18/h1-12H,13H2,(H,25,27). The number of aromatic nitrogens is 2. The normalized spacial score (nSPS) is 10.8. The molecule has 4 aromatic rings. The van der Waals surface area contributed by atoms with E-state index in [1.165, 1.54) is 0 Å². The molecule has 0 atom stereocenters. The molecular weight excluding hydrogens is 364 g/mol. The van der Waals surface area contributed by atoms with Gasteiger partial charge in [-0.3, -0.25) is 4.79 Å². The monoisotopic (exact) mass is 379 g/mol. The Morgan fingerprint density at radius 3 is 2.50 bits per heavy atom. The number of fused-ring (bicyclic) bond motifs is 1. The Bertz CT molecular complexity index is 1090. The van der Waals surface area contributed by atoms with Crippen LogP contribution in [0.2, 0.25) is 0 Å². The van der Waals surface area contributed by atoms with Gasteiger partial charge in [0, 0.05) is 29.7 Å². The number of amides is 1. The lowest BCUT2D eigenvalue weighted by atomic mass is 10.2. The largest absolute Gasteiger partial charge is 0.487 e. The summed E-state index contributed by atoms with van der Waals surface area (Å²) in [5.41, 5.74) is 2.00. The van der Waals surface area contributed by atoms with Crippen molar-refractivity contribution >= 4 is 17.2 Å². The summed E-state index contributed by atoms with van der Waals surface area (Å²) < 4.78 is 34.0. The molecule has 0 unspecified atom stereocenters. The number of rotatable bonds is 5. The van der Waals surface area contributed by atoms with E-state index < -0.39 is 17.5 Å². The minimum atomic E-state index is -0.758.